The van der Waals surface area contributed by atoms with E-state index < -0.39 is 11.2 Å². The van der Waals surface area contributed by atoms with E-state index >= 15 is 0 Å². The van der Waals surface area contributed by atoms with Gasteiger partial charge in [-0.1, -0.05) is 41.6 Å². The van der Waals surface area contributed by atoms with Gasteiger partial charge in [-0.3, -0.25) is 19.0 Å². The number of carbonyl (C=O) groups is 2. The second-order valence-electron chi connectivity index (χ2n) is 7.63. The van der Waals surface area contributed by atoms with Gasteiger partial charge in [0.05, 0.1) is 21.8 Å². The van der Waals surface area contributed by atoms with Crippen molar-refractivity contribution in [3.8, 4) is 5.69 Å². The molecule has 0 spiro atoms. The number of nitrogens with two attached hydrogens (primary N) is 1. The molecule has 34 heavy (non-hydrogen) atoms. The van der Waals surface area contributed by atoms with Crippen molar-refractivity contribution in [1.29, 1.82) is 0 Å². The average molecular weight is 493 g/mol. The molecular formula is C25H21ClN4O3S. The zero-order valence-corrected chi connectivity index (χ0v) is 20.0. The highest BCUT2D eigenvalue weighted by Gasteiger charge is 2.21. The van der Waals surface area contributed by atoms with Crippen LogP contribution in [0.15, 0.2) is 76.7 Å². The van der Waals surface area contributed by atoms with Crippen LogP contribution in [0.1, 0.15) is 22.8 Å². The predicted octanol–water partition coefficient (Wildman–Crippen LogP) is 4.57. The lowest BCUT2D eigenvalue weighted by Gasteiger charge is -2.18. The molecule has 0 saturated carbocycles. The molecule has 1 heterocycles. The first-order chi connectivity index (χ1) is 16.3. The zero-order chi connectivity index (χ0) is 24.4. The number of hydrogen-bond acceptors (Lipinski definition) is 5. The SMILES string of the molecule is Cc1c(Cl)cccc1-n1c(SC(C)C(=O)Nc2ccc(C(N)=O)cc2)nc2ccccc2c1=O. The van der Waals surface area contributed by atoms with Crippen molar-refractivity contribution < 1.29 is 9.59 Å². The normalized spacial score (nSPS) is 11.9. The fourth-order valence-electron chi connectivity index (χ4n) is 3.42. The Morgan fingerprint density at radius 2 is 1.76 bits per heavy atom. The van der Waals surface area contributed by atoms with Crippen molar-refractivity contribution in [3.63, 3.8) is 0 Å². The molecule has 3 aromatic carbocycles. The number of para-hydroxylation sites is 1. The van der Waals surface area contributed by atoms with Gasteiger partial charge in [0.25, 0.3) is 5.56 Å². The number of fused-ring (bicyclic) bond motifs is 1. The van der Waals surface area contributed by atoms with Crippen LogP contribution in [0.2, 0.25) is 5.02 Å². The molecule has 3 N–H and O–H groups in total. The molecule has 1 atom stereocenters. The maximum atomic E-state index is 13.5. The second kappa shape index (κ2) is 9.70. The van der Waals surface area contributed by atoms with E-state index in [-0.39, 0.29) is 11.5 Å². The van der Waals surface area contributed by atoms with Crippen LogP contribution < -0.4 is 16.6 Å². The molecule has 0 aliphatic rings. The molecular weight excluding hydrogens is 472 g/mol. The van der Waals surface area contributed by atoms with E-state index in [0.717, 1.165) is 5.56 Å². The van der Waals surface area contributed by atoms with E-state index in [1.165, 1.54) is 16.3 Å². The van der Waals surface area contributed by atoms with Crippen molar-refractivity contribution in [2.75, 3.05) is 5.32 Å². The zero-order valence-electron chi connectivity index (χ0n) is 18.4. The number of rotatable bonds is 6. The molecule has 4 aromatic rings. The van der Waals surface area contributed by atoms with Crippen LogP contribution in [0, 0.1) is 6.92 Å². The molecule has 1 unspecified atom stereocenters. The average Bonchev–Trinajstić information content (AvgIpc) is 2.82. The fraction of sp³-hybridized carbons (Fsp3) is 0.120. The van der Waals surface area contributed by atoms with E-state index in [4.69, 9.17) is 22.3 Å². The Hall–Kier alpha value is -3.62. The van der Waals surface area contributed by atoms with Gasteiger partial charge in [0, 0.05) is 16.3 Å². The highest BCUT2D eigenvalue weighted by molar-refractivity contribution is 8.00. The van der Waals surface area contributed by atoms with Gasteiger partial charge in [-0.05, 0) is 67.9 Å². The summed E-state index contributed by atoms with van der Waals surface area (Å²) in [6, 6.07) is 18.7. The fourth-order valence-corrected chi connectivity index (χ4v) is 4.50. The summed E-state index contributed by atoms with van der Waals surface area (Å²) in [6.45, 7) is 3.56. The number of aromatic nitrogens is 2. The summed E-state index contributed by atoms with van der Waals surface area (Å²) in [4.78, 5) is 42.3. The lowest BCUT2D eigenvalue weighted by atomic mass is 10.2. The second-order valence-corrected chi connectivity index (χ2v) is 9.34. The summed E-state index contributed by atoms with van der Waals surface area (Å²) in [5, 5.41) is 3.60. The monoisotopic (exact) mass is 492 g/mol. The molecule has 2 amide bonds. The minimum atomic E-state index is -0.588. The van der Waals surface area contributed by atoms with Crippen LogP contribution >= 0.6 is 23.4 Å². The van der Waals surface area contributed by atoms with Crippen molar-refractivity contribution in [1.82, 2.24) is 9.55 Å². The van der Waals surface area contributed by atoms with Gasteiger partial charge in [-0.15, -0.1) is 0 Å². The Morgan fingerprint density at radius 1 is 1.06 bits per heavy atom. The molecule has 172 valence electrons. The summed E-state index contributed by atoms with van der Waals surface area (Å²) in [5.41, 5.74) is 7.77. The third kappa shape index (κ3) is 4.69. The molecule has 1 aromatic heterocycles. The number of anilines is 1. The number of hydrogen-bond donors (Lipinski definition) is 2. The number of carbonyl (C=O) groups excluding carboxylic acids is 2. The van der Waals surface area contributed by atoms with Crippen LogP contribution in [0.5, 0.6) is 0 Å². The smallest absolute Gasteiger partial charge is 0.266 e. The van der Waals surface area contributed by atoms with Crippen molar-refractivity contribution in [2.24, 2.45) is 5.73 Å². The van der Waals surface area contributed by atoms with Crippen LogP contribution in [0.3, 0.4) is 0 Å². The van der Waals surface area contributed by atoms with E-state index in [9.17, 15) is 14.4 Å². The third-order valence-corrected chi connectivity index (χ3v) is 6.78. The molecule has 0 fully saturated rings. The lowest BCUT2D eigenvalue weighted by molar-refractivity contribution is -0.115. The van der Waals surface area contributed by atoms with Crippen LogP contribution in [-0.4, -0.2) is 26.6 Å². The van der Waals surface area contributed by atoms with Gasteiger partial charge in [0.15, 0.2) is 5.16 Å². The molecule has 0 saturated heterocycles. The van der Waals surface area contributed by atoms with Crippen LogP contribution in [0.4, 0.5) is 5.69 Å². The van der Waals surface area contributed by atoms with Gasteiger partial charge in [-0.25, -0.2) is 4.98 Å². The number of thioether (sulfide) groups is 1. The Morgan fingerprint density at radius 3 is 2.47 bits per heavy atom. The highest BCUT2D eigenvalue weighted by Crippen LogP contribution is 2.29. The first-order valence-corrected chi connectivity index (χ1v) is 11.7. The first kappa shape index (κ1) is 23.5. The van der Waals surface area contributed by atoms with Gasteiger partial charge in [-0.2, -0.15) is 0 Å². The third-order valence-electron chi connectivity index (χ3n) is 5.31. The Bertz CT molecular complexity index is 1470. The highest BCUT2D eigenvalue weighted by atomic mass is 35.5. The maximum absolute atomic E-state index is 13.5. The van der Waals surface area contributed by atoms with Crippen LogP contribution in [0.25, 0.3) is 16.6 Å². The molecule has 0 bridgehead atoms. The van der Waals surface area contributed by atoms with Gasteiger partial charge >= 0.3 is 0 Å². The first-order valence-electron chi connectivity index (χ1n) is 10.4. The van der Waals surface area contributed by atoms with E-state index in [0.29, 0.717) is 38.0 Å². The summed E-state index contributed by atoms with van der Waals surface area (Å²) < 4.78 is 1.50. The topological polar surface area (TPSA) is 107 Å². The number of halogens is 1. The van der Waals surface area contributed by atoms with Crippen molar-refractivity contribution in [2.45, 2.75) is 24.3 Å². The molecule has 7 nitrogen and oxygen atoms in total. The van der Waals surface area contributed by atoms with E-state index in [2.05, 4.69) is 5.32 Å². The number of amides is 2. The maximum Gasteiger partial charge on any atom is 0.266 e. The molecule has 9 heteroatoms. The predicted molar refractivity (Wildman–Crippen MR) is 136 cm³/mol. The minimum absolute atomic E-state index is 0.242. The van der Waals surface area contributed by atoms with E-state index in [1.54, 1.807) is 67.6 Å². The van der Waals surface area contributed by atoms with E-state index in [1.807, 2.05) is 13.0 Å². The summed E-state index contributed by atoms with van der Waals surface area (Å²) in [5.74, 6) is -0.827. The Labute approximate surface area is 205 Å². The number of benzene rings is 3. The number of nitrogens with one attached hydrogen (secondary N) is 1. The van der Waals surface area contributed by atoms with Crippen molar-refractivity contribution >= 4 is 51.8 Å². The van der Waals surface area contributed by atoms with Crippen molar-refractivity contribution in [3.05, 3.63) is 93.2 Å². The molecule has 0 aliphatic heterocycles. The molecule has 0 aliphatic carbocycles. The molecule has 0 radical (unpaired) electrons. The Balaban J connectivity index is 1.70. The Kier molecular flexibility index (Phi) is 6.72. The lowest BCUT2D eigenvalue weighted by Crippen LogP contribution is -2.26. The standard InChI is InChI=1S/C25H21ClN4O3S/c1-14-19(26)7-5-9-21(14)30-24(33)18-6-3-4-8-20(18)29-25(30)34-15(2)23(32)28-17-12-10-16(11-13-17)22(27)31/h3-13,15H,1-2H3,(H2,27,31)(H,28,32). The molecule has 4 rings (SSSR count). The van der Waals surface area contributed by atoms with Gasteiger partial charge < -0.3 is 11.1 Å². The number of nitrogens with zero attached hydrogens (tertiary/aromatic N) is 2. The summed E-state index contributed by atoms with van der Waals surface area (Å²) in [7, 11) is 0. The van der Waals surface area contributed by atoms with Crippen LogP contribution in [-0.2, 0) is 4.79 Å². The number of primary amides is 1. The summed E-state index contributed by atoms with van der Waals surface area (Å²) >= 11 is 7.49. The van der Waals surface area contributed by atoms with Gasteiger partial charge in [0.2, 0.25) is 11.8 Å². The van der Waals surface area contributed by atoms with Gasteiger partial charge in [0.1, 0.15) is 0 Å². The quantitative estimate of drug-likeness (QED) is 0.303. The minimum Gasteiger partial charge on any atom is -0.366 e. The summed E-state index contributed by atoms with van der Waals surface area (Å²) in [6.07, 6.45) is 0. The largest absolute Gasteiger partial charge is 0.366 e.